The molecule has 0 atom stereocenters. The molecule has 0 amide bonds. The Labute approximate surface area is 100 Å². The molecule has 2 aromatic rings. The molecule has 0 aliphatic rings. The van der Waals surface area contributed by atoms with E-state index < -0.39 is 0 Å². The van der Waals surface area contributed by atoms with E-state index in [1.807, 2.05) is 31.2 Å². The second kappa shape index (κ2) is 4.97. The zero-order chi connectivity index (χ0) is 12.3. The Balaban J connectivity index is 2.51. The topological polar surface area (TPSA) is 66.0 Å². The first-order valence-corrected chi connectivity index (χ1v) is 5.52. The summed E-state index contributed by atoms with van der Waals surface area (Å²) in [4.78, 5) is 4.37. The summed E-state index contributed by atoms with van der Waals surface area (Å²) in [6, 6.07) is 7.72. The van der Waals surface area contributed by atoms with Gasteiger partial charge in [0.25, 0.3) is 0 Å². The maximum Gasteiger partial charge on any atom is 0.148 e. The lowest BCUT2D eigenvalue weighted by atomic mass is 10.3. The summed E-state index contributed by atoms with van der Waals surface area (Å²) in [5.41, 5.74) is 6.46. The molecule has 0 spiro atoms. The van der Waals surface area contributed by atoms with Crippen molar-refractivity contribution in [3.05, 3.63) is 35.9 Å². The highest BCUT2D eigenvalue weighted by Gasteiger charge is 2.12. The molecule has 0 saturated carbocycles. The van der Waals surface area contributed by atoms with Gasteiger partial charge in [0.1, 0.15) is 23.1 Å². The minimum absolute atomic E-state index is 0.549. The molecule has 5 nitrogen and oxygen atoms in total. The smallest absolute Gasteiger partial charge is 0.148 e. The van der Waals surface area contributed by atoms with Crippen LogP contribution >= 0.6 is 0 Å². The molecule has 0 aliphatic carbocycles. The van der Waals surface area contributed by atoms with Crippen LogP contribution in [0.5, 0.6) is 5.75 Å². The number of methoxy groups -OCH3 is 1. The number of aromatic nitrogens is 3. The number of rotatable bonds is 4. The summed E-state index contributed by atoms with van der Waals surface area (Å²) in [5.74, 6) is 2.37. The van der Waals surface area contributed by atoms with Crippen molar-refractivity contribution in [2.24, 2.45) is 5.73 Å². The highest BCUT2D eigenvalue weighted by atomic mass is 16.5. The van der Waals surface area contributed by atoms with Crippen LogP contribution in [0.25, 0.3) is 5.69 Å². The number of benzene rings is 1. The largest absolute Gasteiger partial charge is 0.494 e. The quantitative estimate of drug-likeness (QED) is 0.856. The molecule has 2 rings (SSSR count). The fourth-order valence-corrected chi connectivity index (χ4v) is 1.75. The zero-order valence-electron chi connectivity index (χ0n) is 10.1. The number of para-hydroxylation sites is 2. The third-order valence-electron chi connectivity index (χ3n) is 2.46. The molecule has 0 fully saturated rings. The van der Waals surface area contributed by atoms with Crippen molar-refractivity contribution in [2.45, 2.75) is 13.3 Å². The third kappa shape index (κ3) is 2.29. The summed E-state index contributed by atoms with van der Waals surface area (Å²) in [6.45, 7) is 2.42. The van der Waals surface area contributed by atoms with Crippen molar-refractivity contribution in [1.82, 2.24) is 14.8 Å². The maximum atomic E-state index is 5.57. The van der Waals surface area contributed by atoms with Crippen molar-refractivity contribution in [2.75, 3.05) is 13.7 Å². The highest BCUT2D eigenvalue weighted by Crippen LogP contribution is 2.22. The number of aryl methyl sites for hydroxylation is 1. The van der Waals surface area contributed by atoms with E-state index in [0.29, 0.717) is 13.0 Å². The van der Waals surface area contributed by atoms with E-state index in [1.54, 1.807) is 11.8 Å². The predicted octanol–water partition coefficient (Wildman–Crippen LogP) is 1.09. The fraction of sp³-hybridized carbons (Fsp3) is 0.333. The number of nitrogens with zero attached hydrogens (tertiary/aromatic N) is 3. The molecule has 1 heterocycles. The molecule has 0 unspecified atom stereocenters. The van der Waals surface area contributed by atoms with Crippen LogP contribution in [0.15, 0.2) is 24.3 Å². The number of nitrogens with two attached hydrogens (primary N) is 1. The van der Waals surface area contributed by atoms with Crippen molar-refractivity contribution in [3.63, 3.8) is 0 Å². The van der Waals surface area contributed by atoms with E-state index in [0.717, 1.165) is 23.1 Å². The SMILES string of the molecule is COc1ccccc1-n1nc(C)nc1CCN. The van der Waals surface area contributed by atoms with E-state index in [4.69, 9.17) is 10.5 Å². The van der Waals surface area contributed by atoms with Crippen LogP contribution in [0.3, 0.4) is 0 Å². The molecule has 0 bridgehead atoms. The zero-order valence-corrected chi connectivity index (χ0v) is 10.1. The van der Waals surface area contributed by atoms with Crippen LogP contribution < -0.4 is 10.5 Å². The van der Waals surface area contributed by atoms with Crippen LogP contribution in [-0.4, -0.2) is 28.4 Å². The Morgan fingerprint density at radius 1 is 1.35 bits per heavy atom. The van der Waals surface area contributed by atoms with Gasteiger partial charge in [-0.1, -0.05) is 12.1 Å². The van der Waals surface area contributed by atoms with Crippen molar-refractivity contribution < 1.29 is 4.74 Å². The second-order valence-electron chi connectivity index (χ2n) is 3.70. The van der Waals surface area contributed by atoms with Crippen LogP contribution in [0.4, 0.5) is 0 Å². The van der Waals surface area contributed by atoms with Crippen LogP contribution in [0.2, 0.25) is 0 Å². The molecule has 2 N–H and O–H groups in total. The summed E-state index contributed by atoms with van der Waals surface area (Å²) in [6.07, 6.45) is 0.693. The first-order chi connectivity index (χ1) is 8.26. The number of hydrogen-bond donors (Lipinski definition) is 1. The molecule has 17 heavy (non-hydrogen) atoms. The normalized spacial score (nSPS) is 10.5. The van der Waals surface area contributed by atoms with Gasteiger partial charge in [0.2, 0.25) is 0 Å². The van der Waals surface area contributed by atoms with Crippen LogP contribution in [-0.2, 0) is 6.42 Å². The van der Waals surface area contributed by atoms with Crippen molar-refractivity contribution in [1.29, 1.82) is 0 Å². The first-order valence-electron chi connectivity index (χ1n) is 5.52. The Morgan fingerprint density at radius 2 is 2.12 bits per heavy atom. The van der Waals surface area contributed by atoms with Crippen molar-refractivity contribution >= 4 is 0 Å². The third-order valence-corrected chi connectivity index (χ3v) is 2.46. The Kier molecular flexibility index (Phi) is 3.39. The summed E-state index contributed by atoms with van der Waals surface area (Å²) in [7, 11) is 1.64. The molecule has 5 heteroatoms. The average molecular weight is 232 g/mol. The van der Waals surface area contributed by atoms with Gasteiger partial charge in [0, 0.05) is 6.42 Å². The Hall–Kier alpha value is -1.88. The molecule has 1 aromatic carbocycles. The molecule has 0 aliphatic heterocycles. The second-order valence-corrected chi connectivity index (χ2v) is 3.70. The van der Waals surface area contributed by atoms with E-state index in [9.17, 15) is 0 Å². The molecule has 1 aromatic heterocycles. The summed E-state index contributed by atoms with van der Waals surface area (Å²) in [5, 5.41) is 4.38. The number of hydrogen-bond acceptors (Lipinski definition) is 4. The first kappa shape index (κ1) is 11.6. The molecule has 90 valence electrons. The highest BCUT2D eigenvalue weighted by molar-refractivity contribution is 5.46. The minimum atomic E-state index is 0.549. The molecular formula is C12H16N4O. The Bertz CT molecular complexity index is 507. The standard InChI is InChI=1S/C12H16N4O/c1-9-14-12(7-8-13)16(15-9)10-5-3-4-6-11(10)17-2/h3-6H,7-8,13H2,1-2H3. The van der Waals surface area contributed by atoms with Crippen molar-refractivity contribution in [3.8, 4) is 11.4 Å². The van der Waals surface area contributed by atoms with Crippen LogP contribution in [0, 0.1) is 6.92 Å². The van der Waals surface area contributed by atoms with E-state index in [1.165, 1.54) is 0 Å². The molecule has 0 radical (unpaired) electrons. The van der Waals surface area contributed by atoms with Gasteiger partial charge in [0.15, 0.2) is 0 Å². The van der Waals surface area contributed by atoms with Gasteiger partial charge in [-0.05, 0) is 25.6 Å². The molecular weight excluding hydrogens is 216 g/mol. The number of ether oxygens (including phenoxy) is 1. The van der Waals surface area contributed by atoms with Gasteiger partial charge in [-0.2, -0.15) is 5.10 Å². The van der Waals surface area contributed by atoms with Gasteiger partial charge < -0.3 is 10.5 Å². The van der Waals surface area contributed by atoms with Gasteiger partial charge >= 0.3 is 0 Å². The summed E-state index contributed by atoms with van der Waals surface area (Å²) >= 11 is 0. The van der Waals surface area contributed by atoms with Gasteiger partial charge in [0.05, 0.1) is 7.11 Å². The summed E-state index contributed by atoms with van der Waals surface area (Å²) < 4.78 is 7.11. The minimum Gasteiger partial charge on any atom is -0.494 e. The van der Waals surface area contributed by atoms with E-state index in [-0.39, 0.29) is 0 Å². The lowest BCUT2D eigenvalue weighted by Crippen LogP contribution is -2.10. The van der Waals surface area contributed by atoms with Gasteiger partial charge in [-0.25, -0.2) is 9.67 Å². The Morgan fingerprint density at radius 3 is 2.82 bits per heavy atom. The lowest BCUT2D eigenvalue weighted by molar-refractivity contribution is 0.411. The van der Waals surface area contributed by atoms with E-state index >= 15 is 0 Å². The van der Waals surface area contributed by atoms with Gasteiger partial charge in [-0.3, -0.25) is 0 Å². The predicted molar refractivity (Wildman–Crippen MR) is 65.4 cm³/mol. The monoisotopic (exact) mass is 232 g/mol. The van der Waals surface area contributed by atoms with Gasteiger partial charge in [-0.15, -0.1) is 0 Å². The molecule has 0 saturated heterocycles. The fourth-order valence-electron chi connectivity index (χ4n) is 1.75. The lowest BCUT2D eigenvalue weighted by Gasteiger charge is -2.09. The maximum absolute atomic E-state index is 5.57. The van der Waals surface area contributed by atoms with E-state index in [2.05, 4.69) is 10.1 Å². The van der Waals surface area contributed by atoms with Crippen LogP contribution in [0.1, 0.15) is 11.6 Å². The average Bonchev–Trinajstić information content (AvgIpc) is 2.71.